The van der Waals surface area contributed by atoms with Crippen LogP contribution in [0.5, 0.6) is 0 Å². The van der Waals surface area contributed by atoms with Crippen LogP contribution in [0.1, 0.15) is 35.2 Å². The zero-order valence-corrected chi connectivity index (χ0v) is 11.5. The largest absolute Gasteiger partial charge is 0.364 e. The second-order valence-corrected chi connectivity index (χ2v) is 5.60. The van der Waals surface area contributed by atoms with Crippen molar-refractivity contribution in [3.63, 3.8) is 0 Å². The highest BCUT2D eigenvalue weighted by Crippen LogP contribution is 2.45. The van der Waals surface area contributed by atoms with Crippen LogP contribution in [0, 0.1) is 17.1 Å². The average Bonchev–Trinajstić information content (AvgIpc) is 2.97. The molecule has 2 aromatic rings. The quantitative estimate of drug-likeness (QED) is 0.746. The zero-order chi connectivity index (χ0) is 14.4. The molecule has 0 N–H and O–H groups in total. The minimum atomic E-state index is -0.582. The predicted octanol–water partition coefficient (Wildman–Crippen LogP) is 2.50. The van der Waals surface area contributed by atoms with Crippen molar-refractivity contribution in [1.82, 2.24) is 9.55 Å². The minimum Gasteiger partial charge on any atom is -0.364 e. The molecule has 2 aliphatic rings. The van der Waals surface area contributed by atoms with Gasteiger partial charge in [-0.25, -0.2) is 9.37 Å². The van der Waals surface area contributed by atoms with E-state index in [1.54, 1.807) is 6.07 Å². The third kappa shape index (κ3) is 1.66. The van der Waals surface area contributed by atoms with E-state index in [9.17, 15) is 4.39 Å². The normalized spacial score (nSPS) is 23.4. The van der Waals surface area contributed by atoms with Gasteiger partial charge in [0.1, 0.15) is 17.5 Å². The minimum absolute atomic E-state index is 0.0789. The summed E-state index contributed by atoms with van der Waals surface area (Å²) in [6.07, 6.45) is 6.12. The van der Waals surface area contributed by atoms with Gasteiger partial charge in [-0.3, -0.25) is 0 Å². The van der Waals surface area contributed by atoms with Crippen LogP contribution < -0.4 is 0 Å². The summed E-state index contributed by atoms with van der Waals surface area (Å²) in [5.41, 5.74) is 2.36. The summed E-state index contributed by atoms with van der Waals surface area (Å²) in [4.78, 5) is 4.23. The lowest BCUT2D eigenvalue weighted by Crippen LogP contribution is -2.41. The fraction of sp³-hybridized carbons (Fsp3) is 0.375. The molecule has 5 heteroatoms. The van der Waals surface area contributed by atoms with Crippen LogP contribution >= 0.6 is 0 Å². The molecule has 1 aromatic carbocycles. The topological polar surface area (TPSA) is 50.8 Å². The lowest BCUT2D eigenvalue weighted by Gasteiger charge is -2.42. The number of aryl methyl sites for hydroxylation is 1. The fourth-order valence-electron chi connectivity index (χ4n) is 3.58. The number of nitrogens with zero attached hydrogens (tertiary/aromatic N) is 3. The van der Waals surface area contributed by atoms with Gasteiger partial charge in [-0.1, -0.05) is 0 Å². The molecular formula is C16H14FN3O. The van der Waals surface area contributed by atoms with E-state index in [0.29, 0.717) is 13.0 Å². The molecule has 4 nitrogen and oxygen atoms in total. The summed E-state index contributed by atoms with van der Waals surface area (Å²) in [6, 6.07) is 5.08. The Bertz CT molecular complexity index is 757. The molecule has 0 aliphatic carbocycles. The van der Waals surface area contributed by atoms with Gasteiger partial charge in [-0.2, -0.15) is 5.26 Å². The Morgan fingerprint density at radius 3 is 3.19 bits per heavy atom. The first-order chi connectivity index (χ1) is 10.2. The molecule has 0 saturated heterocycles. The van der Waals surface area contributed by atoms with Gasteiger partial charge in [0.25, 0.3) is 0 Å². The number of hydrogen-bond donors (Lipinski definition) is 0. The third-order valence-electron chi connectivity index (χ3n) is 4.52. The molecular weight excluding hydrogens is 269 g/mol. The molecule has 1 unspecified atom stereocenters. The number of fused-ring (bicyclic) bond motifs is 4. The molecule has 106 valence electrons. The number of halogens is 1. The van der Waals surface area contributed by atoms with Gasteiger partial charge in [0, 0.05) is 6.54 Å². The lowest BCUT2D eigenvalue weighted by atomic mass is 9.78. The smallest absolute Gasteiger partial charge is 0.141 e. The Hall–Kier alpha value is -2.19. The Morgan fingerprint density at radius 2 is 2.33 bits per heavy atom. The van der Waals surface area contributed by atoms with Gasteiger partial charge in [0.2, 0.25) is 0 Å². The number of imidazole rings is 1. The Balaban J connectivity index is 1.98. The molecule has 1 aromatic heterocycles. The number of aromatic nitrogens is 2. The van der Waals surface area contributed by atoms with Crippen molar-refractivity contribution in [3.8, 4) is 6.07 Å². The van der Waals surface area contributed by atoms with Crippen LogP contribution in [-0.2, 0) is 23.3 Å². The molecule has 2 aliphatic heterocycles. The van der Waals surface area contributed by atoms with E-state index in [-0.39, 0.29) is 5.56 Å². The van der Waals surface area contributed by atoms with Gasteiger partial charge < -0.3 is 9.30 Å². The van der Waals surface area contributed by atoms with E-state index in [2.05, 4.69) is 9.55 Å². The molecule has 0 saturated carbocycles. The second kappa shape index (κ2) is 4.40. The first-order valence-electron chi connectivity index (χ1n) is 7.12. The standard InChI is InChI=1S/C16H14FN3O/c17-14-7-11-2-5-21-16(13(11)6-12(14)8-18)3-1-4-20-10-19-9-15(16)20/h6-7,9-10H,1-5H2. The summed E-state index contributed by atoms with van der Waals surface area (Å²) in [5.74, 6) is -0.447. The van der Waals surface area contributed by atoms with Crippen LogP contribution in [0.4, 0.5) is 4.39 Å². The molecule has 1 atom stereocenters. The van der Waals surface area contributed by atoms with E-state index >= 15 is 0 Å². The summed E-state index contributed by atoms with van der Waals surface area (Å²) in [7, 11) is 0. The monoisotopic (exact) mass is 283 g/mol. The summed E-state index contributed by atoms with van der Waals surface area (Å²) < 4.78 is 22.1. The van der Waals surface area contributed by atoms with E-state index < -0.39 is 11.4 Å². The van der Waals surface area contributed by atoms with Crippen molar-refractivity contribution in [2.75, 3.05) is 6.61 Å². The molecule has 0 bridgehead atoms. The van der Waals surface area contributed by atoms with E-state index in [0.717, 1.165) is 36.2 Å². The van der Waals surface area contributed by atoms with Crippen molar-refractivity contribution in [1.29, 1.82) is 5.26 Å². The summed E-state index contributed by atoms with van der Waals surface area (Å²) in [6.45, 7) is 1.48. The maximum atomic E-state index is 13.9. The van der Waals surface area contributed by atoms with Crippen LogP contribution in [-0.4, -0.2) is 16.2 Å². The van der Waals surface area contributed by atoms with Gasteiger partial charge in [0.05, 0.1) is 30.4 Å². The predicted molar refractivity (Wildman–Crippen MR) is 73.0 cm³/mol. The Kier molecular flexibility index (Phi) is 2.63. The Morgan fingerprint density at radius 1 is 1.43 bits per heavy atom. The number of nitriles is 1. The number of hydrogen-bond acceptors (Lipinski definition) is 3. The van der Waals surface area contributed by atoms with Crippen LogP contribution in [0.2, 0.25) is 0 Å². The number of ether oxygens (including phenoxy) is 1. The van der Waals surface area contributed by atoms with Crippen molar-refractivity contribution in [3.05, 3.63) is 52.9 Å². The highest BCUT2D eigenvalue weighted by Gasteiger charge is 2.44. The molecule has 0 fully saturated rings. The SMILES string of the molecule is N#Cc1cc2c(cc1F)CCOC21CCCn2cncc21. The van der Waals surface area contributed by atoms with Gasteiger partial charge in [-0.15, -0.1) is 0 Å². The highest BCUT2D eigenvalue weighted by atomic mass is 19.1. The lowest BCUT2D eigenvalue weighted by molar-refractivity contribution is -0.0492. The van der Waals surface area contributed by atoms with Crippen molar-refractivity contribution in [2.45, 2.75) is 31.4 Å². The number of benzene rings is 1. The average molecular weight is 283 g/mol. The van der Waals surface area contributed by atoms with Crippen molar-refractivity contribution < 1.29 is 9.13 Å². The van der Waals surface area contributed by atoms with Gasteiger partial charge in [0.15, 0.2) is 0 Å². The van der Waals surface area contributed by atoms with E-state index in [4.69, 9.17) is 10.00 Å². The summed E-state index contributed by atoms with van der Waals surface area (Å²) in [5, 5.41) is 9.11. The highest BCUT2D eigenvalue weighted by molar-refractivity contribution is 5.47. The first-order valence-corrected chi connectivity index (χ1v) is 7.12. The number of rotatable bonds is 0. The van der Waals surface area contributed by atoms with E-state index in [1.165, 1.54) is 6.07 Å². The zero-order valence-electron chi connectivity index (χ0n) is 11.5. The fourth-order valence-corrected chi connectivity index (χ4v) is 3.58. The van der Waals surface area contributed by atoms with Crippen LogP contribution in [0.15, 0.2) is 24.7 Å². The molecule has 0 radical (unpaired) electrons. The first kappa shape index (κ1) is 12.5. The molecule has 3 heterocycles. The summed E-state index contributed by atoms with van der Waals surface area (Å²) >= 11 is 0. The maximum Gasteiger partial charge on any atom is 0.141 e. The van der Waals surface area contributed by atoms with Crippen molar-refractivity contribution >= 4 is 0 Å². The van der Waals surface area contributed by atoms with Crippen LogP contribution in [0.3, 0.4) is 0 Å². The van der Waals surface area contributed by atoms with Crippen molar-refractivity contribution in [2.24, 2.45) is 0 Å². The van der Waals surface area contributed by atoms with Gasteiger partial charge in [-0.05, 0) is 42.5 Å². The second-order valence-electron chi connectivity index (χ2n) is 5.60. The molecule has 1 spiro atoms. The van der Waals surface area contributed by atoms with Gasteiger partial charge >= 0.3 is 0 Å². The maximum absolute atomic E-state index is 13.9. The molecule has 21 heavy (non-hydrogen) atoms. The third-order valence-corrected chi connectivity index (χ3v) is 4.52. The molecule has 4 rings (SSSR count). The molecule has 0 amide bonds. The van der Waals surface area contributed by atoms with E-state index in [1.807, 2.05) is 18.6 Å². The Labute approximate surface area is 121 Å². The van der Waals surface area contributed by atoms with Crippen LogP contribution in [0.25, 0.3) is 0 Å².